The SMILES string of the molecule is NC(=O)c1cnccc1CN1CC(=O)N(c2ccc(OC(F)(F)F)cc2)C1=O. The number of anilines is 1. The Hall–Kier alpha value is -3.63. The second-order valence-corrected chi connectivity index (χ2v) is 5.81. The van der Waals surface area contributed by atoms with E-state index in [-0.39, 0.29) is 24.3 Å². The van der Waals surface area contributed by atoms with Crippen LogP contribution in [-0.2, 0) is 11.3 Å². The number of alkyl halides is 3. The van der Waals surface area contributed by atoms with Crippen LogP contribution in [0.3, 0.4) is 0 Å². The molecule has 1 aliphatic heterocycles. The lowest BCUT2D eigenvalue weighted by Crippen LogP contribution is -2.33. The van der Waals surface area contributed by atoms with Gasteiger partial charge in [0.05, 0.1) is 11.3 Å². The van der Waals surface area contributed by atoms with Crippen LogP contribution in [0.4, 0.5) is 23.7 Å². The number of imide groups is 1. The maximum atomic E-state index is 12.6. The van der Waals surface area contributed by atoms with Gasteiger partial charge in [-0.05, 0) is 35.9 Å². The average Bonchev–Trinajstić information content (AvgIpc) is 2.88. The predicted octanol–water partition coefficient (Wildman–Crippen LogP) is 2.05. The molecule has 0 atom stereocenters. The molecule has 2 aromatic rings. The summed E-state index contributed by atoms with van der Waals surface area (Å²) in [5, 5.41) is 0. The number of nitrogens with zero attached hydrogens (tertiary/aromatic N) is 3. The summed E-state index contributed by atoms with van der Waals surface area (Å²) in [6.07, 6.45) is -2.17. The van der Waals surface area contributed by atoms with Crippen molar-refractivity contribution in [2.45, 2.75) is 12.9 Å². The number of pyridine rings is 1. The standard InChI is InChI=1S/C17H13F3N4O4/c18-17(19,20)28-12-3-1-11(2-4-12)24-14(25)9-23(16(24)27)8-10-5-6-22-7-13(10)15(21)26/h1-7H,8-9H2,(H2,21,26). The number of hydrogen-bond acceptors (Lipinski definition) is 5. The molecule has 1 fully saturated rings. The third-order valence-corrected chi connectivity index (χ3v) is 3.90. The minimum Gasteiger partial charge on any atom is -0.406 e. The molecule has 1 saturated heterocycles. The van der Waals surface area contributed by atoms with E-state index in [1.165, 1.54) is 35.5 Å². The zero-order valence-electron chi connectivity index (χ0n) is 14.1. The average molecular weight is 394 g/mol. The molecule has 11 heteroatoms. The molecule has 0 bridgehead atoms. The summed E-state index contributed by atoms with van der Waals surface area (Å²) in [4.78, 5) is 42.2. The number of nitrogens with two attached hydrogens (primary N) is 1. The lowest BCUT2D eigenvalue weighted by atomic mass is 10.1. The van der Waals surface area contributed by atoms with Gasteiger partial charge in [0, 0.05) is 18.9 Å². The predicted molar refractivity (Wildman–Crippen MR) is 89.2 cm³/mol. The van der Waals surface area contributed by atoms with Crippen molar-refractivity contribution in [3.05, 3.63) is 53.9 Å². The van der Waals surface area contributed by atoms with E-state index in [9.17, 15) is 27.6 Å². The van der Waals surface area contributed by atoms with Gasteiger partial charge >= 0.3 is 12.4 Å². The molecule has 0 radical (unpaired) electrons. The van der Waals surface area contributed by atoms with Crippen LogP contribution in [0.1, 0.15) is 15.9 Å². The smallest absolute Gasteiger partial charge is 0.406 e. The highest BCUT2D eigenvalue weighted by atomic mass is 19.4. The largest absolute Gasteiger partial charge is 0.573 e. The Labute approximate surface area is 156 Å². The molecule has 146 valence electrons. The molecule has 1 aliphatic rings. The Bertz CT molecular complexity index is 931. The maximum Gasteiger partial charge on any atom is 0.573 e. The van der Waals surface area contributed by atoms with Gasteiger partial charge in [-0.2, -0.15) is 0 Å². The van der Waals surface area contributed by atoms with Gasteiger partial charge in [0.25, 0.3) is 11.8 Å². The molecule has 3 rings (SSSR count). The first kappa shape index (κ1) is 19.1. The van der Waals surface area contributed by atoms with E-state index in [1.807, 2.05) is 0 Å². The molecule has 8 nitrogen and oxygen atoms in total. The fraction of sp³-hybridized carbons (Fsp3) is 0.176. The molecule has 1 aromatic heterocycles. The van der Waals surface area contributed by atoms with E-state index < -0.39 is 30.0 Å². The zero-order valence-corrected chi connectivity index (χ0v) is 14.1. The Balaban J connectivity index is 1.78. The summed E-state index contributed by atoms with van der Waals surface area (Å²) >= 11 is 0. The first-order valence-corrected chi connectivity index (χ1v) is 7.86. The van der Waals surface area contributed by atoms with Gasteiger partial charge in [-0.15, -0.1) is 13.2 Å². The first-order valence-electron chi connectivity index (χ1n) is 7.86. The minimum atomic E-state index is -4.85. The van der Waals surface area contributed by atoms with Crippen LogP contribution in [0, 0.1) is 0 Å². The summed E-state index contributed by atoms with van der Waals surface area (Å²) < 4.78 is 40.4. The van der Waals surface area contributed by atoms with Gasteiger partial charge in [-0.3, -0.25) is 14.6 Å². The number of rotatable bonds is 5. The number of halogens is 3. The second kappa shape index (κ2) is 7.18. The number of carbonyl (C=O) groups excluding carboxylic acids is 3. The lowest BCUT2D eigenvalue weighted by molar-refractivity contribution is -0.274. The molecule has 2 heterocycles. The van der Waals surface area contributed by atoms with E-state index in [2.05, 4.69) is 9.72 Å². The highest BCUT2D eigenvalue weighted by molar-refractivity contribution is 6.19. The molecule has 0 saturated carbocycles. The Morgan fingerprint density at radius 1 is 1.18 bits per heavy atom. The van der Waals surface area contributed by atoms with Crippen molar-refractivity contribution >= 4 is 23.5 Å². The highest BCUT2D eigenvalue weighted by Crippen LogP contribution is 2.28. The van der Waals surface area contributed by atoms with Crippen molar-refractivity contribution in [1.82, 2.24) is 9.88 Å². The van der Waals surface area contributed by atoms with Crippen molar-refractivity contribution < 1.29 is 32.3 Å². The first-order chi connectivity index (χ1) is 13.2. The number of carbonyl (C=O) groups is 3. The third-order valence-electron chi connectivity index (χ3n) is 3.90. The van der Waals surface area contributed by atoms with Gasteiger partial charge in [-0.25, -0.2) is 9.69 Å². The van der Waals surface area contributed by atoms with Crippen molar-refractivity contribution in [2.75, 3.05) is 11.4 Å². The van der Waals surface area contributed by atoms with Crippen LogP contribution < -0.4 is 15.4 Å². The van der Waals surface area contributed by atoms with E-state index >= 15 is 0 Å². The maximum absolute atomic E-state index is 12.6. The Morgan fingerprint density at radius 2 is 1.86 bits per heavy atom. The number of primary amides is 1. The number of urea groups is 1. The van der Waals surface area contributed by atoms with E-state index in [0.29, 0.717) is 5.56 Å². The summed E-state index contributed by atoms with van der Waals surface area (Å²) in [5.74, 6) is -1.77. The minimum absolute atomic E-state index is 0.0584. The highest BCUT2D eigenvalue weighted by Gasteiger charge is 2.37. The van der Waals surface area contributed by atoms with Gasteiger partial charge in [0.1, 0.15) is 12.3 Å². The van der Waals surface area contributed by atoms with Crippen LogP contribution in [0.2, 0.25) is 0 Å². The van der Waals surface area contributed by atoms with Crippen LogP contribution in [0.25, 0.3) is 0 Å². The Kier molecular flexibility index (Phi) is 4.91. The molecule has 4 amide bonds. The molecule has 0 aliphatic carbocycles. The third kappa shape index (κ3) is 4.03. The summed E-state index contributed by atoms with van der Waals surface area (Å²) in [6.45, 7) is -0.322. The number of amides is 4. The van der Waals surface area contributed by atoms with E-state index in [1.54, 1.807) is 0 Å². The number of hydrogen-bond donors (Lipinski definition) is 1. The topological polar surface area (TPSA) is 106 Å². The number of aromatic nitrogens is 1. The summed E-state index contributed by atoms with van der Waals surface area (Å²) in [7, 11) is 0. The monoisotopic (exact) mass is 394 g/mol. The Morgan fingerprint density at radius 3 is 2.46 bits per heavy atom. The van der Waals surface area contributed by atoms with Crippen LogP contribution in [-0.4, -0.2) is 40.6 Å². The van der Waals surface area contributed by atoms with Crippen molar-refractivity contribution in [3.63, 3.8) is 0 Å². The fourth-order valence-electron chi connectivity index (χ4n) is 2.71. The van der Waals surface area contributed by atoms with Gasteiger partial charge < -0.3 is 15.4 Å². The van der Waals surface area contributed by atoms with Crippen LogP contribution >= 0.6 is 0 Å². The van der Waals surface area contributed by atoms with Gasteiger partial charge in [-0.1, -0.05) is 0 Å². The molecular weight excluding hydrogens is 381 g/mol. The quantitative estimate of drug-likeness (QED) is 0.782. The van der Waals surface area contributed by atoms with Gasteiger partial charge in [0.15, 0.2) is 0 Å². The fourth-order valence-corrected chi connectivity index (χ4v) is 2.71. The summed E-state index contributed by atoms with van der Waals surface area (Å²) in [5.41, 5.74) is 5.91. The number of ether oxygens (including phenoxy) is 1. The van der Waals surface area contributed by atoms with Crippen LogP contribution in [0.5, 0.6) is 5.75 Å². The van der Waals surface area contributed by atoms with Crippen LogP contribution in [0.15, 0.2) is 42.7 Å². The van der Waals surface area contributed by atoms with Crippen molar-refractivity contribution in [3.8, 4) is 5.75 Å². The lowest BCUT2D eigenvalue weighted by Gasteiger charge is -2.18. The second-order valence-electron chi connectivity index (χ2n) is 5.81. The molecular formula is C17H13F3N4O4. The normalized spacial score (nSPS) is 14.5. The zero-order chi connectivity index (χ0) is 20.5. The number of benzene rings is 1. The molecule has 28 heavy (non-hydrogen) atoms. The van der Waals surface area contributed by atoms with E-state index in [4.69, 9.17) is 5.73 Å². The van der Waals surface area contributed by atoms with Crippen molar-refractivity contribution in [2.24, 2.45) is 5.73 Å². The van der Waals surface area contributed by atoms with E-state index in [0.717, 1.165) is 17.0 Å². The van der Waals surface area contributed by atoms with Crippen molar-refractivity contribution in [1.29, 1.82) is 0 Å². The molecule has 1 aromatic carbocycles. The molecule has 0 unspecified atom stereocenters. The summed E-state index contributed by atoms with van der Waals surface area (Å²) in [6, 6.07) is 5.16. The van der Waals surface area contributed by atoms with Gasteiger partial charge in [0.2, 0.25) is 0 Å². The molecule has 2 N–H and O–H groups in total. The molecule has 0 spiro atoms.